The molecule has 0 saturated heterocycles. The molecule has 0 atom stereocenters. The second kappa shape index (κ2) is 8.15. The third kappa shape index (κ3) is 3.51. The van der Waals surface area contributed by atoms with Gasteiger partial charge in [-0.3, -0.25) is 4.79 Å². The number of fused-ring (bicyclic) bond motifs is 1. The van der Waals surface area contributed by atoms with E-state index in [-0.39, 0.29) is 17.0 Å². The highest BCUT2D eigenvalue weighted by molar-refractivity contribution is 6.34. The Kier molecular flexibility index (Phi) is 5.31. The van der Waals surface area contributed by atoms with Crippen molar-refractivity contribution in [3.8, 4) is 11.3 Å². The van der Waals surface area contributed by atoms with Crippen molar-refractivity contribution in [2.75, 3.05) is 13.7 Å². The van der Waals surface area contributed by atoms with E-state index < -0.39 is 11.8 Å². The first-order valence-electron chi connectivity index (χ1n) is 10.5. The van der Waals surface area contributed by atoms with Crippen molar-refractivity contribution in [2.45, 2.75) is 31.7 Å². The summed E-state index contributed by atoms with van der Waals surface area (Å²) >= 11 is 6.46. The van der Waals surface area contributed by atoms with Crippen molar-refractivity contribution in [1.29, 1.82) is 0 Å². The standard InChI is InChI=1S/C24H21ClFN3O3/c1-32-24(31)14-7-8-16(19(26)11-14)22-17-9-10-27-12-20(17)29(28-22)23(30)21-15(13-5-6-13)3-2-4-18(21)25/h2-4,7-8,11,13,27H,5-6,9-10,12H2,1H3. The van der Waals surface area contributed by atoms with Crippen LogP contribution in [0.2, 0.25) is 5.02 Å². The molecule has 2 heterocycles. The van der Waals surface area contributed by atoms with Gasteiger partial charge in [0.2, 0.25) is 0 Å². The van der Waals surface area contributed by atoms with Crippen LogP contribution in [0.1, 0.15) is 56.3 Å². The second-order valence-electron chi connectivity index (χ2n) is 8.08. The highest BCUT2D eigenvalue weighted by atomic mass is 35.5. The summed E-state index contributed by atoms with van der Waals surface area (Å²) in [6, 6.07) is 9.65. The van der Waals surface area contributed by atoms with E-state index in [1.54, 1.807) is 6.07 Å². The fraction of sp³-hybridized carbons (Fsp3) is 0.292. The average Bonchev–Trinajstić information content (AvgIpc) is 3.58. The number of benzene rings is 2. The Hall–Kier alpha value is -3.03. The molecule has 32 heavy (non-hydrogen) atoms. The molecule has 2 aliphatic rings. The molecule has 1 aliphatic heterocycles. The number of nitrogens with one attached hydrogen (secondary N) is 1. The molecule has 1 aliphatic carbocycles. The first-order chi connectivity index (χ1) is 15.5. The van der Waals surface area contributed by atoms with Gasteiger partial charge in [0.15, 0.2) is 0 Å². The highest BCUT2D eigenvalue weighted by Crippen LogP contribution is 2.43. The number of aromatic nitrogens is 2. The predicted octanol–water partition coefficient (Wildman–Crippen LogP) is 4.34. The Bertz CT molecular complexity index is 1250. The lowest BCUT2D eigenvalue weighted by Gasteiger charge is -2.16. The van der Waals surface area contributed by atoms with Crippen LogP contribution >= 0.6 is 11.6 Å². The van der Waals surface area contributed by atoms with Gasteiger partial charge in [-0.2, -0.15) is 9.78 Å². The molecule has 8 heteroatoms. The molecule has 1 saturated carbocycles. The van der Waals surface area contributed by atoms with Crippen molar-refractivity contribution < 1.29 is 18.7 Å². The predicted molar refractivity (Wildman–Crippen MR) is 118 cm³/mol. The Morgan fingerprint density at radius 1 is 1.25 bits per heavy atom. The third-order valence-electron chi connectivity index (χ3n) is 6.05. The fourth-order valence-electron chi connectivity index (χ4n) is 4.29. The molecule has 0 radical (unpaired) electrons. The number of carbonyl (C=O) groups excluding carboxylic acids is 2. The third-order valence-corrected chi connectivity index (χ3v) is 6.36. The number of hydrogen-bond donors (Lipinski definition) is 1. The first kappa shape index (κ1) is 20.8. The second-order valence-corrected chi connectivity index (χ2v) is 8.49. The minimum Gasteiger partial charge on any atom is -0.465 e. The SMILES string of the molecule is COC(=O)c1ccc(-c2nn(C(=O)c3c(Cl)cccc3C3CC3)c3c2CCNC3)c(F)c1. The molecule has 3 aromatic rings. The van der Waals surface area contributed by atoms with Crippen molar-refractivity contribution in [1.82, 2.24) is 15.1 Å². The van der Waals surface area contributed by atoms with E-state index in [0.29, 0.717) is 47.4 Å². The molecule has 2 aromatic carbocycles. The molecule has 5 rings (SSSR count). The van der Waals surface area contributed by atoms with E-state index in [2.05, 4.69) is 15.2 Å². The molecule has 1 aromatic heterocycles. The quantitative estimate of drug-likeness (QED) is 0.595. The van der Waals surface area contributed by atoms with Gasteiger partial charge >= 0.3 is 5.97 Å². The topological polar surface area (TPSA) is 73.2 Å². The molecule has 0 unspecified atom stereocenters. The van der Waals surface area contributed by atoms with Crippen molar-refractivity contribution in [3.05, 3.63) is 75.2 Å². The van der Waals surface area contributed by atoms with Crippen LogP contribution < -0.4 is 5.32 Å². The Morgan fingerprint density at radius 3 is 2.78 bits per heavy atom. The molecular weight excluding hydrogens is 433 g/mol. The summed E-state index contributed by atoms with van der Waals surface area (Å²) in [4.78, 5) is 25.4. The molecular formula is C24H21ClFN3O3. The fourth-order valence-corrected chi connectivity index (χ4v) is 4.56. The maximum atomic E-state index is 15.0. The summed E-state index contributed by atoms with van der Waals surface area (Å²) in [6.07, 6.45) is 2.67. The van der Waals surface area contributed by atoms with Gasteiger partial charge in [-0.05, 0) is 61.6 Å². The van der Waals surface area contributed by atoms with E-state index >= 15 is 0 Å². The highest BCUT2D eigenvalue weighted by Gasteiger charge is 2.33. The summed E-state index contributed by atoms with van der Waals surface area (Å²) in [5.41, 5.74) is 3.68. The summed E-state index contributed by atoms with van der Waals surface area (Å²) in [5, 5.41) is 8.22. The Morgan fingerprint density at radius 2 is 2.06 bits per heavy atom. The lowest BCUT2D eigenvalue weighted by Crippen LogP contribution is -2.28. The molecule has 164 valence electrons. The van der Waals surface area contributed by atoms with Crippen LogP contribution in [0, 0.1) is 5.82 Å². The van der Waals surface area contributed by atoms with E-state index in [0.717, 1.165) is 30.0 Å². The number of methoxy groups -OCH3 is 1. The van der Waals surface area contributed by atoms with Gasteiger partial charge in [0, 0.05) is 17.7 Å². The van der Waals surface area contributed by atoms with Gasteiger partial charge < -0.3 is 10.1 Å². The largest absolute Gasteiger partial charge is 0.465 e. The van der Waals surface area contributed by atoms with Crippen LogP contribution in [0.15, 0.2) is 36.4 Å². The molecule has 1 N–H and O–H groups in total. The summed E-state index contributed by atoms with van der Waals surface area (Å²) < 4.78 is 21.0. The van der Waals surface area contributed by atoms with Crippen LogP contribution in [0.4, 0.5) is 4.39 Å². The number of hydrogen-bond acceptors (Lipinski definition) is 5. The minimum atomic E-state index is -0.617. The smallest absolute Gasteiger partial charge is 0.337 e. The number of rotatable bonds is 4. The van der Waals surface area contributed by atoms with E-state index in [9.17, 15) is 14.0 Å². The number of carbonyl (C=O) groups is 2. The van der Waals surface area contributed by atoms with Gasteiger partial charge in [0.25, 0.3) is 5.91 Å². The van der Waals surface area contributed by atoms with Gasteiger partial charge in [-0.25, -0.2) is 9.18 Å². The number of halogens is 2. The Balaban J connectivity index is 1.63. The average molecular weight is 454 g/mol. The number of nitrogens with zero attached hydrogens (tertiary/aromatic N) is 2. The zero-order chi connectivity index (χ0) is 22.4. The van der Waals surface area contributed by atoms with Gasteiger partial charge in [0.05, 0.1) is 34.6 Å². The maximum absolute atomic E-state index is 15.0. The van der Waals surface area contributed by atoms with Crippen LogP contribution in [0.3, 0.4) is 0 Å². The van der Waals surface area contributed by atoms with Crippen molar-refractivity contribution >= 4 is 23.5 Å². The van der Waals surface area contributed by atoms with Gasteiger partial charge in [-0.15, -0.1) is 0 Å². The Labute approximate surface area is 189 Å². The van der Waals surface area contributed by atoms with E-state index in [1.165, 1.54) is 23.9 Å². The molecule has 1 fully saturated rings. The van der Waals surface area contributed by atoms with Crippen LogP contribution in [0.25, 0.3) is 11.3 Å². The number of esters is 1. The van der Waals surface area contributed by atoms with Gasteiger partial charge in [-0.1, -0.05) is 23.7 Å². The van der Waals surface area contributed by atoms with Crippen LogP contribution in [-0.4, -0.2) is 35.3 Å². The van der Waals surface area contributed by atoms with Gasteiger partial charge in [0.1, 0.15) is 5.82 Å². The lowest BCUT2D eigenvalue weighted by atomic mass is 9.99. The normalized spacial score (nSPS) is 15.3. The van der Waals surface area contributed by atoms with E-state index in [1.807, 2.05) is 12.1 Å². The van der Waals surface area contributed by atoms with Crippen LogP contribution in [-0.2, 0) is 17.7 Å². The summed E-state index contributed by atoms with van der Waals surface area (Å²) in [6.45, 7) is 1.14. The van der Waals surface area contributed by atoms with Crippen molar-refractivity contribution in [3.63, 3.8) is 0 Å². The summed E-state index contributed by atoms with van der Waals surface area (Å²) in [7, 11) is 1.25. The monoisotopic (exact) mass is 453 g/mol. The molecule has 0 spiro atoms. The van der Waals surface area contributed by atoms with Crippen LogP contribution in [0.5, 0.6) is 0 Å². The van der Waals surface area contributed by atoms with Crippen molar-refractivity contribution in [2.24, 2.45) is 0 Å². The summed E-state index contributed by atoms with van der Waals surface area (Å²) in [5.74, 6) is -1.19. The van der Waals surface area contributed by atoms with E-state index in [4.69, 9.17) is 11.6 Å². The lowest BCUT2D eigenvalue weighted by molar-refractivity contribution is 0.0600. The maximum Gasteiger partial charge on any atom is 0.337 e. The number of ether oxygens (including phenoxy) is 1. The molecule has 0 bridgehead atoms. The minimum absolute atomic E-state index is 0.116. The zero-order valence-corrected chi connectivity index (χ0v) is 18.2. The first-order valence-corrected chi connectivity index (χ1v) is 10.9. The molecule has 0 amide bonds. The zero-order valence-electron chi connectivity index (χ0n) is 17.5. The molecule has 6 nitrogen and oxygen atoms in total.